The number of halogens is 1. The SMILES string of the molecule is COc1cc(NC(C)=O)c([N+](=O)[O-])cc1C(=O)Cl. The first kappa shape index (κ1) is 13.9. The highest BCUT2D eigenvalue weighted by Gasteiger charge is 2.22. The third-order valence-corrected chi connectivity index (χ3v) is 2.24. The molecule has 1 amide bonds. The molecule has 0 bridgehead atoms. The Hall–Kier alpha value is -2.15. The number of amides is 1. The third kappa shape index (κ3) is 2.95. The van der Waals surface area contributed by atoms with Crippen molar-refractivity contribution in [1.29, 1.82) is 0 Å². The van der Waals surface area contributed by atoms with Crippen LogP contribution in [0.2, 0.25) is 0 Å². The largest absolute Gasteiger partial charge is 0.496 e. The topological polar surface area (TPSA) is 98.5 Å². The Morgan fingerprint density at radius 2 is 2.06 bits per heavy atom. The van der Waals surface area contributed by atoms with Crippen molar-refractivity contribution in [2.45, 2.75) is 6.92 Å². The van der Waals surface area contributed by atoms with Crippen molar-refractivity contribution in [2.24, 2.45) is 0 Å². The predicted octanol–water partition coefficient (Wildman–Crippen LogP) is 1.94. The number of anilines is 1. The second-order valence-electron chi connectivity index (χ2n) is 3.28. The first-order chi connectivity index (χ1) is 8.36. The molecule has 1 aromatic carbocycles. The maximum absolute atomic E-state index is 11.1. The fourth-order valence-electron chi connectivity index (χ4n) is 1.33. The lowest BCUT2D eigenvalue weighted by molar-refractivity contribution is -0.384. The highest BCUT2D eigenvalue weighted by molar-refractivity contribution is 6.68. The summed E-state index contributed by atoms with van der Waals surface area (Å²) in [4.78, 5) is 32.2. The lowest BCUT2D eigenvalue weighted by Crippen LogP contribution is -2.09. The quantitative estimate of drug-likeness (QED) is 0.513. The highest BCUT2D eigenvalue weighted by Crippen LogP contribution is 2.33. The molecule has 0 aromatic heterocycles. The number of ether oxygens (including phenoxy) is 1. The van der Waals surface area contributed by atoms with Crippen LogP contribution in [0.5, 0.6) is 5.75 Å². The van der Waals surface area contributed by atoms with Crippen molar-refractivity contribution in [2.75, 3.05) is 12.4 Å². The van der Waals surface area contributed by atoms with E-state index < -0.39 is 21.8 Å². The molecule has 0 unspecified atom stereocenters. The van der Waals surface area contributed by atoms with Crippen molar-refractivity contribution < 1.29 is 19.2 Å². The molecule has 1 rings (SSSR count). The average Bonchev–Trinajstić information content (AvgIpc) is 2.26. The van der Waals surface area contributed by atoms with E-state index in [1.54, 1.807) is 0 Å². The van der Waals surface area contributed by atoms with E-state index in [0.717, 1.165) is 6.07 Å². The van der Waals surface area contributed by atoms with Gasteiger partial charge in [0.25, 0.3) is 10.9 Å². The fraction of sp³-hybridized carbons (Fsp3) is 0.200. The van der Waals surface area contributed by atoms with E-state index in [0.29, 0.717) is 0 Å². The maximum Gasteiger partial charge on any atom is 0.293 e. The Balaban J connectivity index is 3.46. The Morgan fingerprint density at radius 1 is 1.44 bits per heavy atom. The maximum atomic E-state index is 11.1. The van der Waals surface area contributed by atoms with Crippen LogP contribution in [0, 0.1) is 10.1 Å². The van der Waals surface area contributed by atoms with Crippen molar-refractivity contribution in [3.8, 4) is 5.75 Å². The van der Waals surface area contributed by atoms with E-state index >= 15 is 0 Å². The van der Waals surface area contributed by atoms with Gasteiger partial charge in [-0.1, -0.05) is 0 Å². The number of hydrogen-bond donors (Lipinski definition) is 1. The Bertz CT molecular complexity index is 529. The standard InChI is InChI=1S/C10H9ClN2O5/c1-5(14)12-7-4-9(18-2)6(10(11)15)3-8(7)13(16)17/h3-4H,1-2H3,(H,12,14). The van der Waals surface area contributed by atoms with Gasteiger partial charge in [-0.05, 0) is 11.6 Å². The summed E-state index contributed by atoms with van der Waals surface area (Å²) in [6.45, 7) is 1.21. The number of nitrogens with zero attached hydrogens (tertiary/aromatic N) is 1. The molecule has 0 fully saturated rings. The van der Waals surface area contributed by atoms with Gasteiger partial charge < -0.3 is 10.1 Å². The van der Waals surface area contributed by atoms with Gasteiger partial charge in [0.05, 0.1) is 17.6 Å². The molecule has 0 spiro atoms. The van der Waals surface area contributed by atoms with E-state index in [2.05, 4.69) is 5.32 Å². The van der Waals surface area contributed by atoms with Crippen molar-refractivity contribution in [1.82, 2.24) is 0 Å². The summed E-state index contributed by atoms with van der Waals surface area (Å²) in [7, 11) is 1.28. The number of rotatable bonds is 4. The van der Waals surface area contributed by atoms with Crippen LogP contribution in [0.15, 0.2) is 12.1 Å². The van der Waals surface area contributed by atoms with E-state index in [1.165, 1.54) is 20.1 Å². The molecule has 0 saturated carbocycles. The molecular formula is C10H9ClN2O5. The molecule has 1 aromatic rings. The molecule has 0 aliphatic rings. The predicted molar refractivity (Wildman–Crippen MR) is 64.1 cm³/mol. The lowest BCUT2D eigenvalue weighted by atomic mass is 10.1. The van der Waals surface area contributed by atoms with Gasteiger partial charge in [-0.15, -0.1) is 0 Å². The number of carbonyl (C=O) groups is 2. The molecule has 0 aliphatic heterocycles. The van der Waals surface area contributed by atoms with E-state index in [-0.39, 0.29) is 17.0 Å². The van der Waals surface area contributed by atoms with Crippen molar-refractivity contribution >= 4 is 34.1 Å². The fourth-order valence-corrected chi connectivity index (χ4v) is 1.48. The normalized spacial score (nSPS) is 9.72. The molecule has 0 saturated heterocycles. The van der Waals surface area contributed by atoms with Gasteiger partial charge in [-0.25, -0.2) is 0 Å². The van der Waals surface area contributed by atoms with E-state index in [1.807, 2.05) is 0 Å². The number of nitrogens with one attached hydrogen (secondary N) is 1. The number of methoxy groups -OCH3 is 1. The second-order valence-corrected chi connectivity index (χ2v) is 3.62. The van der Waals surface area contributed by atoms with Gasteiger partial charge in [0.15, 0.2) is 0 Å². The molecule has 1 N–H and O–H groups in total. The summed E-state index contributed by atoms with van der Waals surface area (Å²) in [5.74, 6) is -0.436. The molecule has 18 heavy (non-hydrogen) atoms. The first-order valence-electron chi connectivity index (χ1n) is 4.70. The van der Waals surface area contributed by atoms with Gasteiger partial charge >= 0.3 is 0 Å². The zero-order chi connectivity index (χ0) is 13.9. The zero-order valence-corrected chi connectivity index (χ0v) is 10.3. The lowest BCUT2D eigenvalue weighted by Gasteiger charge is -2.09. The van der Waals surface area contributed by atoms with Crippen LogP contribution in [0.3, 0.4) is 0 Å². The van der Waals surface area contributed by atoms with Gasteiger partial charge in [0.2, 0.25) is 5.91 Å². The van der Waals surface area contributed by atoms with Crippen LogP contribution < -0.4 is 10.1 Å². The summed E-state index contributed by atoms with van der Waals surface area (Å²) in [6, 6.07) is 2.13. The summed E-state index contributed by atoms with van der Waals surface area (Å²) in [5.41, 5.74) is -0.638. The molecule has 8 heteroatoms. The number of nitro benzene ring substituents is 1. The summed E-state index contributed by atoms with van der Waals surface area (Å²) < 4.78 is 4.88. The Morgan fingerprint density at radius 3 is 2.44 bits per heavy atom. The monoisotopic (exact) mass is 272 g/mol. The molecular weight excluding hydrogens is 264 g/mol. The minimum atomic E-state index is -0.885. The zero-order valence-electron chi connectivity index (χ0n) is 9.52. The summed E-state index contributed by atoms with van der Waals surface area (Å²) in [5, 5.41) is 12.2. The average molecular weight is 273 g/mol. The van der Waals surface area contributed by atoms with Gasteiger partial charge in [0.1, 0.15) is 11.4 Å². The van der Waals surface area contributed by atoms with Crippen LogP contribution in [-0.2, 0) is 4.79 Å². The third-order valence-electron chi connectivity index (χ3n) is 2.04. The Labute approximate surface area is 107 Å². The first-order valence-corrected chi connectivity index (χ1v) is 5.08. The smallest absolute Gasteiger partial charge is 0.293 e. The minimum absolute atomic E-state index is 0.0457. The highest BCUT2D eigenvalue weighted by atomic mass is 35.5. The van der Waals surface area contributed by atoms with E-state index in [4.69, 9.17) is 16.3 Å². The summed E-state index contributed by atoms with van der Waals surface area (Å²) in [6.07, 6.45) is 0. The van der Waals surface area contributed by atoms with Gasteiger partial charge in [-0.3, -0.25) is 19.7 Å². The molecule has 7 nitrogen and oxygen atoms in total. The minimum Gasteiger partial charge on any atom is -0.496 e. The van der Waals surface area contributed by atoms with Crippen molar-refractivity contribution in [3.63, 3.8) is 0 Å². The number of hydrogen-bond acceptors (Lipinski definition) is 5. The van der Waals surface area contributed by atoms with Crippen LogP contribution in [0.1, 0.15) is 17.3 Å². The van der Waals surface area contributed by atoms with Crippen LogP contribution in [0.4, 0.5) is 11.4 Å². The van der Waals surface area contributed by atoms with Crippen LogP contribution >= 0.6 is 11.6 Å². The van der Waals surface area contributed by atoms with Gasteiger partial charge in [0, 0.05) is 19.1 Å². The van der Waals surface area contributed by atoms with Crippen LogP contribution in [0.25, 0.3) is 0 Å². The molecule has 0 heterocycles. The van der Waals surface area contributed by atoms with E-state index in [9.17, 15) is 19.7 Å². The second kappa shape index (κ2) is 5.46. The molecule has 0 radical (unpaired) electrons. The number of benzene rings is 1. The Kier molecular flexibility index (Phi) is 4.22. The number of carbonyl (C=O) groups excluding carboxylic acids is 2. The number of nitro groups is 1. The van der Waals surface area contributed by atoms with Gasteiger partial charge in [-0.2, -0.15) is 0 Å². The van der Waals surface area contributed by atoms with Crippen LogP contribution in [-0.4, -0.2) is 23.2 Å². The summed E-state index contributed by atoms with van der Waals surface area (Å²) >= 11 is 5.29. The van der Waals surface area contributed by atoms with Crippen molar-refractivity contribution in [3.05, 3.63) is 27.8 Å². The molecule has 96 valence electrons. The molecule has 0 atom stereocenters. The molecule has 0 aliphatic carbocycles.